The second kappa shape index (κ2) is 10.9. The number of oxime groups is 1. The molecule has 4 heterocycles. The van der Waals surface area contributed by atoms with E-state index in [-0.39, 0.29) is 23.8 Å². The van der Waals surface area contributed by atoms with E-state index >= 15 is 0 Å². The Bertz CT molecular complexity index is 1530. The van der Waals surface area contributed by atoms with E-state index in [1.807, 2.05) is 0 Å². The molecular formula is C23H21N5O6S3. The Kier molecular flexibility index (Phi) is 7.41. The van der Waals surface area contributed by atoms with Crippen molar-refractivity contribution >= 4 is 59.6 Å². The minimum absolute atomic E-state index is 0.0468. The summed E-state index contributed by atoms with van der Waals surface area (Å²) in [5.41, 5.74) is 0.929. The van der Waals surface area contributed by atoms with Gasteiger partial charge < -0.3 is 14.3 Å². The molecule has 1 amide bonds. The molecule has 0 radical (unpaired) electrons. The van der Waals surface area contributed by atoms with Crippen LogP contribution in [-0.4, -0.2) is 60.6 Å². The highest BCUT2D eigenvalue weighted by atomic mass is 32.2. The third-order valence-electron chi connectivity index (χ3n) is 5.49. The highest BCUT2D eigenvalue weighted by Crippen LogP contribution is 2.27. The third-order valence-corrected chi connectivity index (χ3v) is 9.30. The second-order valence-corrected chi connectivity index (χ2v) is 12.0. The van der Waals surface area contributed by atoms with Crippen LogP contribution in [0.25, 0.3) is 10.3 Å². The Balaban J connectivity index is 1.40. The van der Waals surface area contributed by atoms with Crippen LogP contribution in [0.15, 0.2) is 58.0 Å². The van der Waals surface area contributed by atoms with Gasteiger partial charge in [0.05, 0.1) is 23.9 Å². The molecule has 5 rings (SSSR count). The lowest BCUT2D eigenvalue weighted by Crippen LogP contribution is -2.25. The standard InChI is InChI=1S/C23H21N5O6S3/c1-32-18-7-6-17-22(26-18)36-23(25-17)27-21(29)20(28-34-13-19-24-9-11-35-19)14-2-4-15(5-3-14)37(30,31)16-8-10-33-12-16/h2-7,9,11,16H,8,10,12-13H2,1H3,(H,25,27,29)/t16-/m0/s1. The van der Waals surface area contributed by atoms with Crippen LogP contribution in [0.4, 0.5) is 5.13 Å². The van der Waals surface area contributed by atoms with Crippen molar-refractivity contribution in [2.45, 2.75) is 23.2 Å². The maximum Gasteiger partial charge on any atom is 0.280 e. The fraction of sp³-hybridized carbons (Fsp3) is 0.261. The summed E-state index contributed by atoms with van der Waals surface area (Å²) in [7, 11) is -2.03. The van der Waals surface area contributed by atoms with Gasteiger partial charge in [-0.2, -0.15) is 0 Å². The number of nitrogens with one attached hydrogen (secondary N) is 1. The average Bonchev–Trinajstić information content (AvgIpc) is 3.68. The number of methoxy groups -OCH3 is 1. The zero-order chi connectivity index (χ0) is 25.8. The number of pyridine rings is 1. The lowest BCUT2D eigenvalue weighted by atomic mass is 10.1. The van der Waals surface area contributed by atoms with Gasteiger partial charge in [-0.1, -0.05) is 28.6 Å². The molecule has 1 saturated heterocycles. The number of anilines is 1. The lowest BCUT2D eigenvalue weighted by Gasteiger charge is -2.11. The first-order valence-electron chi connectivity index (χ1n) is 11.1. The normalized spacial score (nSPS) is 16.1. The van der Waals surface area contributed by atoms with Crippen molar-refractivity contribution in [3.63, 3.8) is 0 Å². The second-order valence-electron chi connectivity index (χ2n) is 7.85. The number of sulfone groups is 1. The molecule has 1 aromatic carbocycles. The quantitative estimate of drug-likeness (QED) is 0.241. The number of thiazole rings is 2. The minimum atomic E-state index is -3.55. The van der Waals surface area contributed by atoms with Crippen molar-refractivity contribution < 1.29 is 27.5 Å². The summed E-state index contributed by atoms with van der Waals surface area (Å²) >= 11 is 2.58. The lowest BCUT2D eigenvalue weighted by molar-refractivity contribution is -0.110. The van der Waals surface area contributed by atoms with E-state index in [4.69, 9.17) is 14.3 Å². The van der Waals surface area contributed by atoms with Gasteiger partial charge in [-0.15, -0.1) is 11.3 Å². The largest absolute Gasteiger partial charge is 0.481 e. The molecule has 1 fully saturated rings. The predicted octanol–water partition coefficient (Wildman–Crippen LogP) is 3.28. The maximum atomic E-state index is 13.2. The van der Waals surface area contributed by atoms with Crippen LogP contribution in [0.5, 0.6) is 5.88 Å². The molecule has 1 atom stereocenters. The van der Waals surface area contributed by atoms with Crippen molar-refractivity contribution in [1.29, 1.82) is 0 Å². The molecule has 192 valence electrons. The molecule has 14 heteroatoms. The zero-order valence-corrected chi connectivity index (χ0v) is 21.9. The summed E-state index contributed by atoms with van der Waals surface area (Å²) in [6, 6.07) is 9.40. The number of ether oxygens (including phenoxy) is 2. The Hall–Kier alpha value is -3.46. The summed E-state index contributed by atoms with van der Waals surface area (Å²) in [5, 5.41) is 9.02. The monoisotopic (exact) mass is 559 g/mol. The van der Waals surface area contributed by atoms with Crippen LogP contribution in [0, 0.1) is 0 Å². The molecule has 0 bridgehead atoms. The van der Waals surface area contributed by atoms with Crippen molar-refractivity contribution in [2.75, 3.05) is 25.6 Å². The first-order chi connectivity index (χ1) is 17.9. The summed E-state index contributed by atoms with van der Waals surface area (Å²) in [6.45, 7) is 0.670. The molecule has 0 aliphatic carbocycles. The first-order valence-corrected chi connectivity index (χ1v) is 14.3. The van der Waals surface area contributed by atoms with Gasteiger partial charge in [-0.05, 0) is 24.6 Å². The van der Waals surface area contributed by atoms with E-state index in [2.05, 4.69) is 25.4 Å². The van der Waals surface area contributed by atoms with Crippen LogP contribution >= 0.6 is 22.7 Å². The summed E-state index contributed by atoms with van der Waals surface area (Å²) in [6.07, 6.45) is 2.10. The number of aromatic nitrogens is 3. The number of amides is 1. The summed E-state index contributed by atoms with van der Waals surface area (Å²) < 4.78 is 36.1. The van der Waals surface area contributed by atoms with Gasteiger partial charge in [0.1, 0.15) is 15.4 Å². The Morgan fingerprint density at radius 1 is 1.22 bits per heavy atom. The van der Waals surface area contributed by atoms with Gasteiger partial charge in [-0.3, -0.25) is 10.1 Å². The number of nitrogens with zero attached hydrogens (tertiary/aromatic N) is 4. The van der Waals surface area contributed by atoms with E-state index in [0.717, 1.165) is 0 Å². The number of fused-ring (bicyclic) bond motifs is 1. The maximum absolute atomic E-state index is 13.2. The van der Waals surface area contributed by atoms with Crippen molar-refractivity contribution in [3.8, 4) is 5.88 Å². The molecule has 1 aliphatic heterocycles. The van der Waals surface area contributed by atoms with Gasteiger partial charge in [-0.25, -0.2) is 23.4 Å². The Labute approximate surface area is 220 Å². The van der Waals surface area contributed by atoms with Crippen LogP contribution in [0.2, 0.25) is 0 Å². The third kappa shape index (κ3) is 5.61. The van der Waals surface area contributed by atoms with E-state index in [9.17, 15) is 13.2 Å². The SMILES string of the molecule is COc1ccc2nc(NC(=O)C(=NOCc3nccs3)c3ccc(S(=O)(=O)[C@H]4CCOC4)cc3)sc2n1. The van der Waals surface area contributed by atoms with Crippen molar-refractivity contribution in [2.24, 2.45) is 5.16 Å². The molecular weight excluding hydrogens is 538 g/mol. The van der Waals surface area contributed by atoms with E-state index in [0.29, 0.717) is 45.0 Å². The molecule has 0 saturated carbocycles. The molecule has 0 spiro atoms. The fourth-order valence-electron chi connectivity index (χ4n) is 3.58. The van der Waals surface area contributed by atoms with Crippen LogP contribution in [0.1, 0.15) is 17.0 Å². The van der Waals surface area contributed by atoms with Gasteiger partial charge in [0.2, 0.25) is 5.88 Å². The van der Waals surface area contributed by atoms with E-state index < -0.39 is 21.0 Å². The van der Waals surface area contributed by atoms with E-state index in [1.165, 1.54) is 54.0 Å². The molecule has 1 aliphatic rings. The minimum Gasteiger partial charge on any atom is -0.481 e. The molecule has 1 N–H and O–H groups in total. The topological polar surface area (TPSA) is 142 Å². The van der Waals surface area contributed by atoms with Crippen LogP contribution in [0.3, 0.4) is 0 Å². The van der Waals surface area contributed by atoms with Crippen molar-refractivity contribution in [1.82, 2.24) is 15.0 Å². The van der Waals surface area contributed by atoms with Crippen LogP contribution < -0.4 is 10.1 Å². The number of carbonyl (C=O) groups is 1. The Morgan fingerprint density at radius 3 is 2.76 bits per heavy atom. The Morgan fingerprint density at radius 2 is 2.05 bits per heavy atom. The number of benzene rings is 1. The van der Waals surface area contributed by atoms with E-state index in [1.54, 1.807) is 23.7 Å². The summed E-state index contributed by atoms with van der Waals surface area (Å²) in [5.74, 6) is -0.143. The molecule has 0 unspecified atom stereocenters. The smallest absolute Gasteiger partial charge is 0.280 e. The van der Waals surface area contributed by atoms with Crippen LogP contribution in [-0.2, 0) is 30.8 Å². The van der Waals surface area contributed by atoms with Crippen molar-refractivity contribution in [3.05, 3.63) is 58.5 Å². The zero-order valence-electron chi connectivity index (χ0n) is 19.5. The number of rotatable bonds is 9. The predicted molar refractivity (Wildman–Crippen MR) is 139 cm³/mol. The van der Waals surface area contributed by atoms with Gasteiger partial charge in [0, 0.05) is 29.8 Å². The number of hydrogen-bond donors (Lipinski definition) is 1. The molecule has 37 heavy (non-hydrogen) atoms. The highest BCUT2D eigenvalue weighted by Gasteiger charge is 2.31. The first kappa shape index (κ1) is 25.2. The molecule has 3 aromatic heterocycles. The van der Waals surface area contributed by atoms with Gasteiger partial charge in [0.15, 0.2) is 27.3 Å². The fourth-order valence-corrected chi connectivity index (χ4v) is 6.51. The average molecular weight is 560 g/mol. The number of hydrogen-bond acceptors (Lipinski definition) is 12. The highest BCUT2D eigenvalue weighted by molar-refractivity contribution is 7.92. The molecule has 11 nitrogen and oxygen atoms in total. The summed E-state index contributed by atoms with van der Waals surface area (Å²) in [4.78, 5) is 32.3. The number of carbonyl (C=O) groups excluding carboxylic acids is 1. The molecule has 4 aromatic rings. The van der Waals surface area contributed by atoms with Gasteiger partial charge >= 0.3 is 0 Å². The van der Waals surface area contributed by atoms with Gasteiger partial charge in [0.25, 0.3) is 5.91 Å².